The number of hydrogen-bond acceptors (Lipinski definition) is 4. The molecule has 3 N–H and O–H groups in total. The highest BCUT2D eigenvalue weighted by Crippen LogP contribution is 2.19. The number of carbonyl (C=O) groups excluding carboxylic acids is 2. The maximum Gasteiger partial charge on any atom is 0.321 e. The third kappa shape index (κ3) is 4.97. The van der Waals surface area contributed by atoms with Crippen molar-refractivity contribution < 1.29 is 19.5 Å². The highest BCUT2D eigenvalue weighted by atomic mass is 35.5. The molecule has 3 amide bonds. The molecule has 1 heterocycles. The minimum absolute atomic E-state index is 0. The van der Waals surface area contributed by atoms with E-state index in [0.717, 1.165) is 12.8 Å². The lowest BCUT2D eigenvalue weighted by atomic mass is 10.00. The van der Waals surface area contributed by atoms with Gasteiger partial charge in [-0.05, 0) is 33.2 Å². The maximum atomic E-state index is 11.9. The Morgan fingerprint density at radius 2 is 2.00 bits per heavy atom. The fourth-order valence-corrected chi connectivity index (χ4v) is 2.25. The molecule has 1 fully saturated rings. The number of likely N-dealkylation sites (tertiary alicyclic amines) is 1. The molecule has 2 atom stereocenters. The number of carbonyl (C=O) groups is 3. The molecule has 0 spiro atoms. The number of rotatable bonds is 4. The molecule has 7 nitrogen and oxygen atoms in total. The predicted molar refractivity (Wildman–Crippen MR) is 75.9 cm³/mol. The third-order valence-electron chi connectivity index (χ3n) is 3.28. The van der Waals surface area contributed by atoms with Crippen molar-refractivity contribution in [2.24, 2.45) is 0 Å². The van der Waals surface area contributed by atoms with Crippen LogP contribution in [0.3, 0.4) is 0 Å². The van der Waals surface area contributed by atoms with E-state index in [-0.39, 0.29) is 12.4 Å². The standard InChI is InChI=1S/C12H21N3O4.ClH/c1-3-13-12(19)14-10(16)8(2)15-7-5-4-6-9(15)11(17)18;/h8-9H,3-7H2,1-2H3,(H,17,18)(H2,13,14,16,19);1H. The van der Waals surface area contributed by atoms with Crippen molar-refractivity contribution in [2.45, 2.75) is 45.2 Å². The van der Waals surface area contributed by atoms with Gasteiger partial charge in [0.1, 0.15) is 6.04 Å². The van der Waals surface area contributed by atoms with E-state index in [0.29, 0.717) is 19.5 Å². The Bertz CT molecular complexity index is 365. The second kappa shape index (κ2) is 8.76. The summed E-state index contributed by atoms with van der Waals surface area (Å²) in [6, 6.07) is -1.84. The number of piperidine rings is 1. The Labute approximate surface area is 124 Å². The highest BCUT2D eigenvalue weighted by Gasteiger charge is 2.34. The number of halogens is 1. The molecule has 0 aromatic carbocycles. The molecule has 1 rings (SSSR count). The summed E-state index contributed by atoms with van der Waals surface area (Å²) in [5.74, 6) is -1.39. The van der Waals surface area contributed by atoms with Gasteiger partial charge in [0.25, 0.3) is 0 Å². The van der Waals surface area contributed by atoms with Gasteiger partial charge in [-0.3, -0.25) is 19.8 Å². The van der Waals surface area contributed by atoms with Crippen molar-refractivity contribution in [3.8, 4) is 0 Å². The van der Waals surface area contributed by atoms with Gasteiger partial charge in [-0.15, -0.1) is 12.4 Å². The second-order valence-corrected chi connectivity index (χ2v) is 4.61. The molecule has 0 aliphatic carbocycles. The first kappa shape index (κ1) is 18.7. The topological polar surface area (TPSA) is 98.7 Å². The van der Waals surface area contributed by atoms with Gasteiger partial charge in [-0.2, -0.15) is 0 Å². The fraction of sp³-hybridized carbons (Fsp3) is 0.750. The van der Waals surface area contributed by atoms with E-state index in [4.69, 9.17) is 5.11 Å². The summed E-state index contributed by atoms with van der Waals surface area (Å²) in [5, 5.41) is 13.8. The molecule has 0 bridgehead atoms. The summed E-state index contributed by atoms with van der Waals surface area (Å²) < 4.78 is 0. The van der Waals surface area contributed by atoms with E-state index in [2.05, 4.69) is 10.6 Å². The van der Waals surface area contributed by atoms with Gasteiger partial charge in [0, 0.05) is 6.54 Å². The van der Waals surface area contributed by atoms with Crippen molar-refractivity contribution in [1.82, 2.24) is 15.5 Å². The number of aliphatic carboxylic acids is 1. The second-order valence-electron chi connectivity index (χ2n) is 4.61. The molecule has 20 heavy (non-hydrogen) atoms. The number of carboxylic acid groups (broad SMARTS) is 1. The molecule has 0 aromatic rings. The van der Waals surface area contributed by atoms with Crippen LogP contribution in [0.25, 0.3) is 0 Å². The van der Waals surface area contributed by atoms with Crippen LogP contribution in [0.5, 0.6) is 0 Å². The number of imide groups is 1. The lowest BCUT2D eigenvalue weighted by Gasteiger charge is -2.36. The van der Waals surface area contributed by atoms with Crippen LogP contribution >= 0.6 is 12.4 Å². The summed E-state index contributed by atoms with van der Waals surface area (Å²) in [6.07, 6.45) is 2.24. The summed E-state index contributed by atoms with van der Waals surface area (Å²) in [7, 11) is 0. The maximum absolute atomic E-state index is 11.9. The average Bonchev–Trinajstić information content (AvgIpc) is 2.37. The molecular weight excluding hydrogens is 286 g/mol. The van der Waals surface area contributed by atoms with E-state index < -0.39 is 30.0 Å². The van der Waals surface area contributed by atoms with Crippen molar-refractivity contribution >= 4 is 30.3 Å². The molecule has 0 radical (unpaired) electrons. The third-order valence-corrected chi connectivity index (χ3v) is 3.28. The van der Waals surface area contributed by atoms with Crippen LogP contribution < -0.4 is 10.6 Å². The van der Waals surface area contributed by atoms with E-state index >= 15 is 0 Å². The number of carboxylic acids is 1. The molecular formula is C12H22ClN3O4. The van der Waals surface area contributed by atoms with E-state index in [1.54, 1.807) is 18.7 Å². The molecule has 1 aliphatic heterocycles. The van der Waals surface area contributed by atoms with E-state index in [1.807, 2.05) is 0 Å². The molecule has 1 aliphatic rings. The Morgan fingerprint density at radius 3 is 2.55 bits per heavy atom. The lowest BCUT2D eigenvalue weighted by Crippen LogP contribution is -2.56. The molecule has 8 heteroatoms. The van der Waals surface area contributed by atoms with Crippen LogP contribution in [0, 0.1) is 0 Å². The smallest absolute Gasteiger partial charge is 0.321 e. The summed E-state index contributed by atoms with van der Waals surface area (Å²) in [6.45, 7) is 4.35. The normalized spacial score (nSPS) is 20.4. The number of amides is 3. The lowest BCUT2D eigenvalue weighted by molar-refractivity contribution is -0.147. The Hall–Kier alpha value is -1.34. The molecule has 0 saturated carbocycles. The van der Waals surface area contributed by atoms with Gasteiger partial charge in [0.15, 0.2) is 0 Å². The minimum Gasteiger partial charge on any atom is -0.480 e. The fourth-order valence-electron chi connectivity index (χ4n) is 2.25. The van der Waals surface area contributed by atoms with Gasteiger partial charge < -0.3 is 10.4 Å². The largest absolute Gasteiger partial charge is 0.480 e. The van der Waals surface area contributed by atoms with Gasteiger partial charge in [-0.1, -0.05) is 6.42 Å². The number of hydrogen-bond donors (Lipinski definition) is 3. The first-order valence-electron chi connectivity index (χ1n) is 6.54. The minimum atomic E-state index is -0.919. The van der Waals surface area contributed by atoms with Crippen LogP contribution in [0.15, 0.2) is 0 Å². The monoisotopic (exact) mass is 307 g/mol. The van der Waals surface area contributed by atoms with Crippen LogP contribution in [-0.2, 0) is 9.59 Å². The van der Waals surface area contributed by atoms with Crippen molar-refractivity contribution in [3.63, 3.8) is 0 Å². The SMILES string of the molecule is CCNC(=O)NC(=O)C(C)N1CCCCC1C(=O)O.Cl. The summed E-state index contributed by atoms with van der Waals surface area (Å²) in [5.41, 5.74) is 0. The van der Waals surface area contributed by atoms with Crippen molar-refractivity contribution in [2.75, 3.05) is 13.1 Å². The summed E-state index contributed by atoms with van der Waals surface area (Å²) in [4.78, 5) is 36.0. The van der Waals surface area contributed by atoms with Crippen LogP contribution in [-0.4, -0.2) is 53.1 Å². The zero-order valence-electron chi connectivity index (χ0n) is 11.7. The van der Waals surface area contributed by atoms with Crippen LogP contribution in [0.4, 0.5) is 4.79 Å². The van der Waals surface area contributed by atoms with E-state index in [9.17, 15) is 14.4 Å². The van der Waals surface area contributed by atoms with E-state index in [1.165, 1.54) is 0 Å². The number of nitrogens with one attached hydrogen (secondary N) is 2. The zero-order chi connectivity index (χ0) is 14.4. The average molecular weight is 308 g/mol. The zero-order valence-corrected chi connectivity index (χ0v) is 12.5. The predicted octanol–water partition coefficient (Wildman–Crippen LogP) is 0.582. The van der Waals surface area contributed by atoms with Gasteiger partial charge in [-0.25, -0.2) is 4.79 Å². The molecule has 1 saturated heterocycles. The van der Waals surface area contributed by atoms with Crippen molar-refractivity contribution in [1.29, 1.82) is 0 Å². The van der Waals surface area contributed by atoms with Crippen LogP contribution in [0.2, 0.25) is 0 Å². The number of urea groups is 1. The van der Waals surface area contributed by atoms with Gasteiger partial charge in [0.05, 0.1) is 6.04 Å². The first-order chi connectivity index (χ1) is 8.97. The Morgan fingerprint density at radius 1 is 1.35 bits per heavy atom. The Balaban J connectivity index is 0.00000361. The van der Waals surface area contributed by atoms with Crippen molar-refractivity contribution in [3.05, 3.63) is 0 Å². The molecule has 116 valence electrons. The van der Waals surface area contributed by atoms with Gasteiger partial charge >= 0.3 is 12.0 Å². The Kier molecular flexibility index (Phi) is 8.17. The van der Waals surface area contributed by atoms with Gasteiger partial charge in [0.2, 0.25) is 5.91 Å². The highest BCUT2D eigenvalue weighted by molar-refractivity contribution is 5.97. The summed E-state index contributed by atoms with van der Waals surface area (Å²) >= 11 is 0. The first-order valence-corrected chi connectivity index (χ1v) is 6.54. The molecule has 0 aromatic heterocycles. The molecule has 2 unspecified atom stereocenters. The quantitative estimate of drug-likeness (QED) is 0.706. The number of nitrogens with zero attached hydrogens (tertiary/aromatic N) is 1. The van der Waals surface area contributed by atoms with Crippen LogP contribution in [0.1, 0.15) is 33.1 Å².